The van der Waals surface area contributed by atoms with Crippen LogP contribution in [0.2, 0.25) is 0 Å². The first-order chi connectivity index (χ1) is 15.2. The molecule has 0 aliphatic carbocycles. The maximum atomic E-state index is 13.2. The Morgan fingerprint density at radius 3 is 2.58 bits per heavy atom. The Balaban J connectivity index is 1.25. The molecule has 1 aromatic carbocycles. The number of nitrogens with zero attached hydrogens (tertiary/aromatic N) is 4. The molecular weight excluding hydrogens is 395 g/mol. The Hall–Kier alpha value is -3.32. The minimum absolute atomic E-state index is 0.149. The number of hydrogen-bond donors (Lipinski definition) is 0. The standard InChI is InChI=1S/C24H25FN4O2/c25-23-14-21(6-8-27-23)18-31-22-5-1-3-20(13-22)17-28-9-11-29(12-10-28)24(30)15-19-4-2-7-26-16-19/h1-8,13-14,16H,9-12,15,17-18H2. The van der Waals surface area contributed by atoms with Crippen LogP contribution in [-0.4, -0.2) is 51.9 Å². The molecule has 1 amide bonds. The van der Waals surface area contributed by atoms with E-state index in [0.29, 0.717) is 13.0 Å². The van der Waals surface area contributed by atoms with Crippen molar-refractivity contribution in [3.63, 3.8) is 0 Å². The zero-order chi connectivity index (χ0) is 21.5. The van der Waals surface area contributed by atoms with Crippen LogP contribution < -0.4 is 4.74 Å². The van der Waals surface area contributed by atoms with Gasteiger partial charge in [0, 0.05) is 51.3 Å². The molecule has 2 aromatic heterocycles. The molecule has 1 aliphatic rings. The average molecular weight is 420 g/mol. The van der Waals surface area contributed by atoms with Crippen molar-refractivity contribution in [2.75, 3.05) is 26.2 Å². The van der Waals surface area contributed by atoms with Gasteiger partial charge >= 0.3 is 0 Å². The van der Waals surface area contributed by atoms with E-state index in [2.05, 4.69) is 20.9 Å². The molecular formula is C24H25FN4O2. The summed E-state index contributed by atoms with van der Waals surface area (Å²) in [6.45, 7) is 4.21. The molecule has 7 heteroatoms. The van der Waals surface area contributed by atoms with E-state index in [1.165, 1.54) is 12.3 Å². The summed E-state index contributed by atoms with van der Waals surface area (Å²) in [6, 6.07) is 14.8. The van der Waals surface area contributed by atoms with Crippen LogP contribution >= 0.6 is 0 Å². The van der Waals surface area contributed by atoms with Crippen LogP contribution in [0.15, 0.2) is 67.1 Å². The van der Waals surface area contributed by atoms with Gasteiger partial charge in [-0.3, -0.25) is 14.7 Å². The molecule has 0 saturated carbocycles. The van der Waals surface area contributed by atoms with E-state index in [1.807, 2.05) is 35.2 Å². The minimum Gasteiger partial charge on any atom is -0.489 e. The number of carbonyl (C=O) groups is 1. The third kappa shape index (κ3) is 6.08. The second-order valence-corrected chi connectivity index (χ2v) is 7.62. The lowest BCUT2D eigenvalue weighted by Gasteiger charge is -2.34. The topological polar surface area (TPSA) is 58.6 Å². The average Bonchev–Trinajstić information content (AvgIpc) is 2.79. The first-order valence-corrected chi connectivity index (χ1v) is 10.4. The third-order valence-corrected chi connectivity index (χ3v) is 5.30. The van der Waals surface area contributed by atoms with Gasteiger partial charge < -0.3 is 9.64 Å². The molecule has 1 saturated heterocycles. The number of carbonyl (C=O) groups excluding carboxylic acids is 1. The van der Waals surface area contributed by atoms with E-state index in [1.54, 1.807) is 18.5 Å². The maximum absolute atomic E-state index is 13.2. The SMILES string of the molecule is O=C(Cc1cccnc1)N1CCN(Cc2cccc(OCc3ccnc(F)c3)c2)CC1. The third-order valence-electron chi connectivity index (χ3n) is 5.30. The Bertz CT molecular complexity index is 1010. The number of benzene rings is 1. The van der Waals surface area contributed by atoms with E-state index in [-0.39, 0.29) is 5.91 Å². The zero-order valence-corrected chi connectivity index (χ0v) is 17.3. The summed E-state index contributed by atoms with van der Waals surface area (Å²) in [4.78, 5) is 24.4. The second kappa shape index (κ2) is 10.1. The summed E-state index contributed by atoms with van der Waals surface area (Å²) in [5, 5.41) is 0. The summed E-state index contributed by atoms with van der Waals surface area (Å²) in [6.07, 6.45) is 5.29. The molecule has 160 valence electrons. The predicted molar refractivity (Wildman–Crippen MR) is 115 cm³/mol. The van der Waals surface area contributed by atoms with Gasteiger partial charge in [0.1, 0.15) is 12.4 Å². The lowest BCUT2D eigenvalue weighted by molar-refractivity contribution is -0.132. The molecule has 1 fully saturated rings. The highest BCUT2D eigenvalue weighted by molar-refractivity contribution is 5.78. The number of rotatable bonds is 7. The van der Waals surface area contributed by atoms with Crippen LogP contribution in [0.1, 0.15) is 16.7 Å². The van der Waals surface area contributed by atoms with Crippen LogP contribution in [0.25, 0.3) is 0 Å². The van der Waals surface area contributed by atoms with Crippen LogP contribution in [-0.2, 0) is 24.4 Å². The Labute approximate surface area is 181 Å². The first kappa shape index (κ1) is 20.9. The zero-order valence-electron chi connectivity index (χ0n) is 17.3. The van der Waals surface area contributed by atoms with Crippen molar-refractivity contribution in [3.05, 3.63) is 89.8 Å². The van der Waals surface area contributed by atoms with Gasteiger partial charge in [-0.05, 0) is 47.0 Å². The first-order valence-electron chi connectivity index (χ1n) is 10.4. The molecule has 4 rings (SSSR count). The molecule has 31 heavy (non-hydrogen) atoms. The van der Waals surface area contributed by atoms with Crippen LogP contribution in [0.5, 0.6) is 5.75 Å². The molecule has 3 aromatic rings. The minimum atomic E-state index is -0.507. The van der Waals surface area contributed by atoms with Crippen LogP contribution in [0.4, 0.5) is 4.39 Å². The van der Waals surface area contributed by atoms with Gasteiger partial charge in [-0.1, -0.05) is 18.2 Å². The van der Waals surface area contributed by atoms with Gasteiger partial charge in [-0.25, -0.2) is 4.98 Å². The Morgan fingerprint density at radius 1 is 0.968 bits per heavy atom. The molecule has 3 heterocycles. The number of aromatic nitrogens is 2. The van der Waals surface area contributed by atoms with Crippen molar-refractivity contribution in [1.29, 1.82) is 0 Å². The summed E-state index contributed by atoms with van der Waals surface area (Å²) in [5.41, 5.74) is 2.83. The van der Waals surface area contributed by atoms with E-state index < -0.39 is 5.95 Å². The Kier molecular flexibility index (Phi) is 6.84. The van der Waals surface area contributed by atoms with Crippen LogP contribution in [0.3, 0.4) is 0 Å². The summed E-state index contributed by atoms with van der Waals surface area (Å²) >= 11 is 0. The van der Waals surface area contributed by atoms with Crippen molar-refractivity contribution in [1.82, 2.24) is 19.8 Å². The molecule has 1 aliphatic heterocycles. The van der Waals surface area contributed by atoms with Crippen molar-refractivity contribution >= 4 is 5.91 Å². The Morgan fingerprint density at radius 2 is 1.81 bits per heavy atom. The maximum Gasteiger partial charge on any atom is 0.227 e. The number of piperazine rings is 1. The predicted octanol–water partition coefficient (Wildman–Crippen LogP) is 3.08. The summed E-state index contributed by atoms with van der Waals surface area (Å²) in [5.74, 6) is 0.392. The lowest BCUT2D eigenvalue weighted by Crippen LogP contribution is -2.48. The highest BCUT2D eigenvalue weighted by atomic mass is 19.1. The van der Waals surface area contributed by atoms with Crippen molar-refractivity contribution in [2.24, 2.45) is 0 Å². The van der Waals surface area contributed by atoms with Crippen LogP contribution in [0, 0.1) is 5.95 Å². The fourth-order valence-corrected chi connectivity index (χ4v) is 3.64. The molecule has 0 atom stereocenters. The molecule has 0 radical (unpaired) electrons. The monoisotopic (exact) mass is 420 g/mol. The molecule has 0 N–H and O–H groups in total. The fraction of sp³-hybridized carbons (Fsp3) is 0.292. The summed E-state index contributed by atoms with van der Waals surface area (Å²) in [7, 11) is 0. The molecule has 6 nitrogen and oxygen atoms in total. The van der Waals surface area contributed by atoms with Gasteiger partial charge in [0.2, 0.25) is 11.9 Å². The van der Waals surface area contributed by atoms with E-state index in [0.717, 1.165) is 55.2 Å². The smallest absolute Gasteiger partial charge is 0.227 e. The highest BCUT2D eigenvalue weighted by Gasteiger charge is 2.21. The van der Waals surface area contributed by atoms with E-state index in [9.17, 15) is 9.18 Å². The van der Waals surface area contributed by atoms with Crippen molar-refractivity contribution in [3.8, 4) is 5.75 Å². The molecule has 0 spiro atoms. The quantitative estimate of drug-likeness (QED) is 0.550. The number of hydrogen-bond acceptors (Lipinski definition) is 5. The molecule has 0 bridgehead atoms. The fourth-order valence-electron chi connectivity index (χ4n) is 3.64. The second-order valence-electron chi connectivity index (χ2n) is 7.62. The number of halogens is 1. The van der Waals surface area contributed by atoms with Crippen molar-refractivity contribution in [2.45, 2.75) is 19.6 Å². The summed E-state index contributed by atoms with van der Waals surface area (Å²) < 4.78 is 19.0. The van der Waals surface area contributed by atoms with Gasteiger partial charge in [-0.15, -0.1) is 0 Å². The van der Waals surface area contributed by atoms with Gasteiger partial charge in [-0.2, -0.15) is 4.39 Å². The normalized spacial score (nSPS) is 14.4. The number of pyridine rings is 2. The number of amides is 1. The van der Waals surface area contributed by atoms with Gasteiger partial charge in [0.25, 0.3) is 0 Å². The van der Waals surface area contributed by atoms with E-state index in [4.69, 9.17) is 4.74 Å². The largest absolute Gasteiger partial charge is 0.489 e. The van der Waals surface area contributed by atoms with Crippen molar-refractivity contribution < 1.29 is 13.9 Å². The van der Waals surface area contributed by atoms with E-state index >= 15 is 0 Å². The van der Waals surface area contributed by atoms with Gasteiger partial charge in [0.05, 0.1) is 6.42 Å². The molecule has 0 unspecified atom stereocenters. The highest BCUT2D eigenvalue weighted by Crippen LogP contribution is 2.18. The lowest BCUT2D eigenvalue weighted by atomic mass is 10.1. The number of ether oxygens (including phenoxy) is 1. The van der Waals surface area contributed by atoms with Gasteiger partial charge in [0.15, 0.2) is 0 Å².